The van der Waals surface area contributed by atoms with E-state index in [0.717, 1.165) is 5.56 Å². The quantitative estimate of drug-likeness (QED) is 0.374. The third-order valence-corrected chi connectivity index (χ3v) is 3.45. The Bertz CT molecular complexity index is 554. The molecule has 1 N–H and O–H groups in total. The first-order chi connectivity index (χ1) is 11.3. The Morgan fingerprint density at radius 1 is 1.20 bits per heavy atom. The summed E-state index contributed by atoms with van der Waals surface area (Å²) in [5, 5.41) is 2.71. The van der Waals surface area contributed by atoms with Crippen LogP contribution < -0.4 is 14.8 Å². The highest BCUT2D eigenvalue weighted by atomic mass is 127. The lowest BCUT2D eigenvalue weighted by Crippen LogP contribution is -2.41. The van der Waals surface area contributed by atoms with Crippen LogP contribution in [-0.4, -0.2) is 58.4 Å². The van der Waals surface area contributed by atoms with Crippen molar-refractivity contribution >= 4 is 29.9 Å². The van der Waals surface area contributed by atoms with Gasteiger partial charge in [0.15, 0.2) is 17.5 Å². The number of benzene rings is 1. The molecule has 0 aromatic heterocycles. The van der Waals surface area contributed by atoms with Crippen molar-refractivity contribution in [2.45, 2.75) is 19.0 Å². The van der Waals surface area contributed by atoms with E-state index in [1.165, 1.54) is 0 Å². The van der Waals surface area contributed by atoms with Crippen LogP contribution in [-0.2, 0) is 6.42 Å². The van der Waals surface area contributed by atoms with Gasteiger partial charge in [-0.05, 0) is 24.1 Å². The van der Waals surface area contributed by atoms with Gasteiger partial charge >= 0.3 is 6.18 Å². The first kappa shape index (κ1) is 23.6. The van der Waals surface area contributed by atoms with Gasteiger partial charge in [-0.25, -0.2) is 0 Å². The third-order valence-electron chi connectivity index (χ3n) is 3.45. The molecule has 1 rings (SSSR count). The molecule has 0 spiro atoms. The number of aliphatic imine (C=N–C) groups is 1. The molecule has 25 heavy (non-hydrogen) atoms. The minimum absolute atomic E-state index is 0. The smallest absolute Gasteiger partial charge is 0.390 e. The van der Waals surface area contributed by atoms with Gasteiger partial charge in [0.2, 0.25) is 0 Å². The van der Waals surface area contributed by atoms with E-state index in [-0.39, 0.29) is 30.5 Å². The maximum Gasteiger partial charge on any atom is 0.390 e. The molecule has 0 saturated heterocycles. The largest absolute Gasteiger partial charge is 0.493 e. The number of ether oxygens (including phenoxy) is 2. The van der Waals surface area contributed by atoms with E-state index in [1.54, 1.807) is 33.2 Å². The monoisotopic (exact) mass is 475 g/mol. The second-order valence-corrected chi connectivity index (χ2v) is 5.20. The Balaban J connectivity index is 0.00000576. The first-order valence-electron chi connectivity index (χ1n) is 7.50. The fourth-order valence-electron chi connectivity index (χ4n) is 2.14. The van der Waals surface area contributed by atoms with Crippen LogP contribution in [0.4, 0.5) is 13.2 Å². The highest BCUT2D eigenvalue weighted by Gasteiger charge is 2.26. The highest BCUT2D eigenvalue weighted by molar-refractivity contribution is 14.0. The maximum absolute atomic E-state index is 12.2. The molecule has 0 fully saturated rings. The van der Waals surface area contributed by atoms with E-state index in [1.807, 2.05) is 18.2 Å². The van der Waals surface area contributed by atoms with Crippen molar-refractivity contribution in [2.24, 2.45) is 4.99 Å². The van der Waals surface area contributed by atoms with E-state index in [0.29, 0.717) is 30.4 Å². The Morgan fingerprint density at radius 3 is 2.36 bits per heavy atom. The van der Waals surface area contributed by atoms with Crippen molar-refractivity contribution in [1.29, 1.82) is 0 Å². The van der Waals surface area contributed by atoms with E-state index in [4.69, 9.17) is 9.47 Å². The number of guanidine groups is 1. The van der Waals surface area contributed by atoms with Crippen molar-refractivity contribution in [3.63, 3.8) is 0 Å². The Morgan fingerprint density at radius 2 is 1.84 bits per heavy atom. The topological polar surface area (TPSA) is 46.1 Å². The van der Waals surface area contributed by atoms with Crippen molar-refractivity contribution in [3.05, 3.63) is 23.8 Å². The van der Waals surface area contributed by atoms with Gasteiger partial charge in [-0.2, -0.15) is 13.2 Å². The summed E-state index contributed by atoms with van der Waals surface area (Å²) in [5.74, 6) is 1.73. The van der Waals surface area contributed by atoms with Crippen LogP contribution >= 0.6 is 24.0 Å². The maximum atomic E-state index is 12.2. The van der Waals surface area contributed by atoms with Gasteiger partial charge in [-0.15, -0.1) is 24.0 Å². The zero-order valence-corrected chi connectivity index (χ0v) is 17.1. The second kappa shape index (κ2) is 11.3. The molecule has 0 bridgehead atoms. The minimum Gasteiger partial charge on any atom is -0.493 e. The average Bonchev–Trinajstić information content (AvgIpc) is 2.55. The molecule has 0 aliphatic rings. The summed E-state index contributed by atoms with van der Waals surface area (Å²) in [6, 6.07) is 5.63. The van der Waals surface area contributed by atoms with Gasteiger partial charge in [0.25, 0.3) is 0 Å². The van der Waals surface area contributed by atoms with Crippen LogP contribution in [0.25, 0.3) is 0 Å². The zero-order chi connectivity index (χ0) is 18.2. The molecule has 0 radical (unpaired) electrons. The number of nitrogens with zero attached hydrogens (tertiary/aromatic N) is 2. The van der Waals surface area contributed by atoms with Gasteiger partial charge in [0.1, 0.15) is 0 Å². The summed E-state index contributed by atoms with van der Waals surface area (Å²) >= 11 is 0. The van der Waals surface area contributed by atoms with Crippen LogP contribution in [0.15, 0.2) is 23.2 Å². The molecular formula is C16H25F3IN3O2. The summed E-state index contributed by atoms with van der Waals surface area (Å²) < 4.78 is 47.0. The van der Waals surface area contributed by atoms with Gasteiger partial charge in [0, 0.05) is 27.2 Å². The van der Waals surface area contributed by atoms with Crippen molar-refractivity contribution in [2.75, 3.05) is 41.4 Å². The molecule has 0 unspecified atom stereocenters. The molecule has 0 amide bonds. The van der Waals surface area contributed by atoms with Gasteiger partial charge in [-0.1, -0.05) is 6.07 Å². The first-order valence-corrected chi connectivity index (χ1v) is 7.50. The van der Waals surface area contributed by atoms with Crippen LogP contribution in [0.2, 0.25) is 0 Å². The summed E-state index contributed by atoms with van der Waals surface area (Å²) in [5.41, 5.74) is 1.03. The summed E-state index contributed by atoms with van der Waals surface area (Å²) in [6.45, 7) is 0.401. The lowest BCUT2D eigenvalue weighted by atomic mass is 10.1. The average molecular weight is 475 g/mol. The zero-order valence-electron chi connectivity index (χ0n) is 14.8. The number of halogens is 4. The molecule has 0 aliphatic carbocycles. The van der Waals surface area contributed by atoms with E-state index in [2.05, 4.69) is 10.3 Å². The lowest BCUT2D eigenvalue weighted by Gasteiger charge is -2.22. The molecule has 5 nitrogen and oxygen atoms in total. The minimum atomic E-state index is -4.18. The summed E-state index contributed by atoms with van der Waals surface area (Å²) in [7, 11) is 6.47. The van der Waals surface area contributed by atoms with Crippen LogP contribution in [0.5, 0.6) is 11.5 Å². The summed E-state index contributed by atoms with van der Waals surface area (Å²) in [4.78, 5) is 5.79. The highest BCUT2D eigenvalue weighted by Crippen LogP contribution is 2.27. The van der Waals surface area contributed by atoms with Gasteiger partial charge in [0.05, 0.1) is 20.6 Å². The predicted octanol–water partition coefficient (Wildman–Crippen LogP) is 3.32. The number of rotatable bonds is 7. The number of methoxy groups -OCH3 is 2. The van der Waals surface area contributed by atoms with E-state index in [9.17, 15) is 13.2 Å². The fourth-order valence-corrected chi connectivity index (χ4v) is 2.14. The third kappa shape index (κ3) is 8.50. The lowest BCUT2D eigenvalue weighted by molar-refractivity contribution is -0.132. The SMILES string of the molecule is CN=C(NCCC(F)(F)F)N(C)CCc1ccc(OC)c(OC)c1.I. The molecule has 0 aliphatic heterocycles. The molecular weight excluding hydrogens is 450 g/mol. The molecule has 9 heteroatoms. The van der Waals surface area contributed by atoms with E-state index >= 15 is 0 Å². The second-order valence-electron chi connectivity index (χ2n) is 5.20. The van der Waals surface area contributed by atoms with Crippen molar-refractivity contribution < 1.29 is 22.6 Å². The molecule has 144 valence electrons. The molecule has 0 saturated carbocycles. The Labute approximate surface area is 163 Å². The van der Waals surface area contributed by atoms with Crippen LogP contribution in [0.3, 0.4) is 0 Å². The number of likely N-dealkylation sites (N-methyl/N-ethyl adjacent to an activating group) is 1. The standard InChI is InChI=1S/C16H24F3N3O2.HI/c1-20-15(21-9-8-16(17,18)19)22(2)10-7-12-5-6-13(23-3)14(11-12)24-4;/h5-6,11H,7-10H2,1-4H3,(H,20,21);1H. The normalized spacial score (nSPS) is 11.6. The number of hydrogen-bond acceptors (Lipinski definition) is 3. The molecule has 1 aromatic rings. The summed E-state index contributed by atoms with van der Waals surface area (Å²) in [6.07, 6.45) is -4.38. The number of alkyl halides is 3. The van der Waals surface area contributed by atoms with Crippen LogP contribution in [0.1, 0.15) is 12.0 Å². The Kier molecular flexibility index (Phi) is 10.6. The molecule has 0 heterocycles. The van der Waals surface area contributed by atoms with E-state index < -0.39 is 12.6 Å². The number of hydrogen-bond donors (Lipinski definition) is 1. The molecule has 1 aromatic carbocycles. The number of nitrogens with one attached hydrogen (secondary N) is 1. The van der Waals surface area contributed by atoms with Crippen molar-refractivity contribution in [1.82, 2.24) is 10.2 Å². The fraction of sp³-hybridized carbons (Fsp3) is 0.562. The van der Waals surface area contributed by atoms with Gasteiger partial charge < -0.3 is 19.7 Å². The van der Waals surface area contributed by atoms with Gasteiger partial charge in [-0.3, -0.25) is 4.99 Å². The Hall–Kier alpha value is -1.39. The van der Waals surface area contributed by atoms with Crippen LogP contribution in [0, 0.1) is 0 Å². The van der Waals surface area contributed by atoms with Crippen molar-refractivity contribution in [3.8, 4) is 11.5 Å². The predicted molar refractivity (Wildman–Crippen MR) is 103 cm³/mol. The molecule has 0 atom stereocenters.